The van der Waals surface area contributed by atoms with Gasteiger partial charge in [0.1, 0.15) is 0 Å². The first-order valence-electron chi connectivity index (χ1n) is 4.23. The maximum Gasteiger partial charge on any atom is 0.416 e. The fourth-order valence-electron chi connectivity index (χ4n) is 1.03. The van der Waals surface area contributed by atoms with Crippen molar-refractivity contribution in [2.45, 2.75) is 18.9 Å². The molecule has 0 radical (unpaired) electrons. The molecule has 0 unspecified atom stereocenters. The highest BCUT2D eigenvalue weighted by molar-refractivity contribution is 8.03. The largest absolute Gasteiger partial charge is 0.416 e. The molecule has 80 valence electrons. The van der Waals surface area contributed by atoms with Crippen LogP contribution in [0.5, 0.6) is 0 Å². The first-order valence-corrected chi connectivity index (χ1v) is 5.22. The third kappa shape index (κ3) is 3.88. The van der Waals surface area contributed by atoms with Gasteiger partial charge in [-0.1, -0.05) is 35.9 Å². The quantitative estimate of drug-likeness (QED) is 0.694. The summed E-state index contributed by atoms with van der Waals surface area (Å²) >= 11 is 1.30. The molecule has 0 heterocycles. The Morgan fingerprint density at radius 1 is 1.33 bits per heavy atom. The second kappa shape index (κ2) is 5.13. The molecular weight excluding hydrogens is 221 g/mol. The molecule has 0 aliphatic heterocycles. The highest BCUT2D eigenvalue weighted by Gasteiger charge is 2.30. The number of benzene rings is 1. The number of thioether (sulfide) groups is 1. The van der Waals surface area contributed by atoms with E-state index in [0.29, 0.717) is 11.3 Å². The Balaban J connectivity index is 2.77. The third-order valence-electron chi connectivity index (χ3n) is 1.67. The van der Waals surface area contributed by atoms with Crippen molar-refractivity contribution in [3.8, 4) is 11.2 Å². The monoisotopic (exact) mass is 230 g/mol. The van der Waals surface area contributed by atoms with E-state index in [2.05, 4.69) is 11.2 Å². The van der Waals surface area contributed by atoms with E-state index in [4.69, 9.17) is 0 Å². The molecule has 15 heavy (non-hydrogen) atoms. The highest BCUT2D eigenvalue weighted by atomic mass is 32.2. The van der Waals surface area contributed by atoms with Gasteiger partial charge in [0.25, 0.3) is 0 Å². The second-order valence-corrected chi connectivity index (χ2v) is 3.62. The predicted molar refractivity (Wildman–Crippen MR) is 56.2 cm³/mol. The Kier molecular flexibility index (Phi) is 4.10. The molecule has 0 spiro atoms. The first-order chi connectivity index (χ1) is 7.04. The summed E-state index contributed by atoms with van der Waals surface area (Å²) in [6.07, 6.45) is -4.27. The van der Waals surface area contributed by atoms with Crippen LogP contribution in [0.15, 0.2) is 24.3 Å². The molecule has 0 aromatic heterocycles. The SMILES string of the molecule is CC#CSCc1cccc(C(F)(F)F)c1. The van der Waals surface area contributed by atoms with Crippen LogP contribution in [0.2, 0.25) is 0 Å². The smallest absolute Gasteiger partial charge is 0.166 e. The maximum absolute atomic E-state index is 12.3. The zero-order valence-corrected chi connectivity index (χ0v) is 8.88. The van der Waals surface area contributed by atoms with E-state index in [1.807, 2.05) is 0 Å². The van der Waals surface area contributed by atoms with Gasteiger partial charge in [-0.3, -0.25) is 0 Å². The molecule has 1 rings (SSSR count). The van der Waals surface area contributed by atoms with Crippen molar-refractivity contribution in [2.75, 3.05) is 0 Å². The summed E-state index contributed by atoms with van der Waals surface area (Å²) in [7, 11) is 0. The summed E-state index contributed by atoms with van der Waals surface area (Å²) in [6, 6.07) is 5.31. The van der Waals surface area contributed by atoms with E-state index in [9.17, 15) is 13.2 Å². The standard InChI is InChI=1S/C11H9F3S/c1-2-6-15-8-9-4-3-5-10(7-9)11(12,13)14/h3-5,7H,8H2,1H3. The Bertz CT molecular complexity index is 385. The van der Waals surface area contributed by atoms with Gasteiger partial charge in [0, 0.05) is 5.75 Å². The van der Waals surface area contributed by atoms with Gasteiger partial charge in [-0.15, -0.1) is 0 Å². The Morgan fingerprint density at radius 3 is 2.67 bits per heavy atom. The van der Waals surface area contributed by atoms with Crippen LogP contribution in [-0.4, -0.2) is 0 Å². The zero-order valence-electron chi connectivity index (χ0n) is 8.06. The molecule has 0 atom stereocenters. The van der Waals surface area contributed by atoms with Crippen LogP contribution in [0, 0.1) is 11.2 Å². The molecule has 0 bridgehead atoms. The Hall–Kier alpha value is -1.08. The molecule has 0 N–H and O–H groups in total. The summed E-state index contributed by atoms with van der Waals surface area (Å²) in [5, 5.41) is 2.74. The molecule has 0 amide bonds. The van der Waals surface area contributed by atoms with Crippen LogP contribution in [0.25, 0.3) is 0 Å². The van der Waals surface area contributed by atoms with Gasteiger partial charge in [-0.05, 0) is 23.8 Å². The molecule has 0 fully saturated rings. The van der Waals surface area contributed by atoms with Crippen molar-refractivity contribution in [1.29, 1.82) is 0 Å². The fourth-order valence-corrected chi connectivity index (χ4v) is 1.59. The molecule has 0 aliphatic carbocycles. The van der Waals surface area contributed by atoms with Crippen LogP contribution in [0.3, 0.4) is 0 Å². The third-order valence-corrected chi connectivity index (χ3v) is 2.49. The van der Waals surface area contributed by atoms with Gasteiger partial charge < -0.3 is 0 Å². The lowest BCUT2D eigenvalue weighted by Crippen LogP contribution is -2.04. The van der Waals surface area contributed by atoms with Crippen molar-refractivity contribution < 1.29 is 13.2 Å². The molecular formula is C11H9F3S. The van der Waals surface area contributed by atoms with E-state index in [1.54, 1.807) is 13.0 Å². The van der Waals surface area contributed by atoms with Gasteiger partial charge in [0.2, 0.25) is 0 Å². The lowest BCUT2D eigenvalue weighted by atomic mass is 10.1. The lowest BCUT2D eigenvalue weighted by Gasteiger charge is -2.07. The number of rotatable bonds is 2. The van der Waals surface area contributed by atoms with E-state index in [0.717, 1.165) is 12.1 Å². The Morgan fingerprint density at radius 2 is 2.07 bits per heavy atom. The summed E-state index contributed by atoms with van der Waals surface area (Å²) in [5.41, 5.74) is 0.0302. The van der Waals surface area contributed by atoms with Crippen molar-refractivity contribution in [3.05, 3.63) is 35.4 Å². The van der Waals surface area contributed by atoms with Gasteiger partial charge in [0.05, 0.1) is 5.56 Å². The summed E-state index contributed by atoms with van der Waals surface area (Å²) in [6.45, 7) is 1.69. The van der Waals surface area contributed by atoms with Crippen molar-refractivity contribution in [2.24, 2.45) is 0 Å². The van der Waals surface area contributed by atoms with E-state index in [1.165, 1.54) is 17.8 Å². The second-order valence-electron chi connectivity index (χ2n) is 2.84. The highest BCUT2D eigenvalue weighted by Crippen LogP contribution is 2.30. The summed E-state index contributed by atoms with van der Waals surface area (Å²) in [4.78, 5) is 0. The molecule has 1 aromatic carbocycles. The van der Waals surface area contributed by atoms with Gasteiger partial charge in [-0.2, -0.15) is 13.2 Å². The zero-order chi connectivity index (χ0) is 11.3. The molecule has 0 saturated carbocycles. The van der Waals surface area contributed by atoms with Crippen molar-refractivity contribution in [1.82, 2.24) is 0 Å². The van der Waals surface area contributed by atoms with Crippen LogP contribution in [0.1, 0.15) is 18.1 Å². The minimum Gasteiger partial charge on any atom is -0.166 e. The lowest BCUT2D eigenvalue weighted by molar-refractivity contribution is -0.137. The summed E-state index contributed by atoms with van der Waals surface area (Å²) < 4.78 is 37.0. The van der Waals surface area contributed by atoms with Crippen molar-refractivity contribution in [3.63, 3.8) is 0 Å². The van der Waals surface area contributed by atoms with Gasteiger partial charge >= 0.3 is 6.18 Å². The minimum absolute atomic E-state index is 0.477. The van der Waals surface area contributed by atoms with E-state index < -0.39 is 11.7 Å². The first kappa shape index (κ1) is 12.0. The molecule has 1 aromatic rings. The summed E-state index contributed by atoms with van der Waals surface area (Å²) in [5.74, 6) is 3.15. The normalized spacial score (nSPS) is 10.7. The predicted octanol–water partition coefficient (Wildman–Crippen LogP) is 3.92. The van der Waals surface area contributed by atoms with Gasteiger partial charge in [-0.25, -0.2) is 0 Å². The topological polar surface area (TPSA) is 0 Å². The van der Waals surface area contributed by atoms with E-state index >= 15 is 0 Å². The van der Waals surface area contributed by atoms with Crippen LogP contribution in [-0.2, 0) is 11.9 Å². The maximum atomic E-state index is 12.3. The Labute approximate surface area is 90.9 Å². The van der Waals surface area contributed by atoms with Gasteiger partial charge in [0.15, 0.2) is 0 Å². The van der Waals surface area contributed by atoms with Crippen LogP contribution < -0.4 is 0 Å². The van der Waals surface area contributed by atoms with Crippen LogP contribution in [0.4, 0.5) is 13.2 Å². The number of hydrogen-bond acceptors (Lipinski definition) is 1. The molecule has 4 heteroatoms. The average Bonchev–Trinajstić information content (AvgIpc) is 2.17. The van der Waals surface area contributed by atoms with E-state index in [-0.39, 0.29) is 0 Å². The number of alkyl halides is 3. The molecule has 0 aliphatic rings. The van der Waals surface area contributed by atoms with Crippen molar-refractivity contribution >= 4 is 11.8 Å². The fraction of sp³-hybridized carbons (Fsp3) is 0.273. The minimum atomic E-state index is -4.27. The van der Waals surface area contributed by atoms with Crippen LogP contribution >= 0.6 is 11.8 Å². The number of halogens is 3. The number of hydrogen-bond donors (Lipinski definition) is 0. The average molecular weight is 230 g/mol. The molecule has 0 nitrogen and oxygen atoms in total. The molecule has 0 saturated heterocycles.